The Morgan fingerprint density at radius 2 is 1.90 bits per heavy atom. The second kappa shape index (κ2) is 8.34. The predicted molar refractivity (Wildman–Crippen MR) is 80.1 cm³/mol. The normalized spacial score (nSPS) is 23.2. The van der Waals surface area contributed by atoms with Crippen LogP contribution in [-0.4, -0.2) is 60.6 Å². The molecule has 1 saturated carbocycles. The van der Waals surface area contributed by atoms with Crippen LogP contribution in [0, 0.1) is 5.92 Å². The lowest BCUT2D eigenvalue weighted by molar-refractivity contribution is -0.144. The third-order valence-electron chi connectivity index (χ3n) is 4.50. The highest BCUT2D eigenvalue weighted by atomic mass is 16.4. The van der Waals surface area contributed by atoms with Gasteiger partial charge < -0.3 is 15.7 Å². The van der Waals surface area contributed by atoms with Crippen LogP contribution in [-0.2, 0) is 9.59 Å². The fraction of sp³-hybridized carbons (Fsp3) is 0.867. The van der Waals surface area contributed by atoms with Crippen LogP contribution in [0.3, 0.4) is 0 Å². The van der Waals surface area contributed by atoms with Gasteiger partial charge in [-0.15, -0.1) is 0 Å². The molecule has 0 spiro atoms. The second-order valence-corrected chi connectivity index (χ2v) is 6.16. The maximum atomic E-state index is 12.1. The molecule has 6 heteroatoms. The first-order valence-corrected chi connectivity index (χ1v) is 8.12. The smallest absolute Gasteiger partial charge is 0.326 e. The Bertz CT molecular complexity index is 348. The Morgan fingerprint density at radius 1 is 1.14 bits per heavy atom. The van der Waals surface area contributed by atoms with E-state index >= 15 is 0 Å². The van der Waals surface area contributed by atoms with Gasteiger partial charge >= 0.3 is 5.97 Å². The van der Waals surface area contributed by atoms with Gasteiger partial charge in [0.15, 0.2) is 0 Å². The molecule has 0 aromatic carbocycles. The molecule has 2 fully saturated rings. The van der Waals surface area contributed by atoms with Crippen molar-refractivity contribution in [2.24, 2.45) is 5.92 Å². The van der Waals surface area contributed by atoms with Crippen molar-refractivity contribution < 1.29 is 14.7 Å². The minimum absolute atomic E-state index is 0.0889. The third kappa shape index (κ3) is 5.28. The molecule has 1 atom stereocenters. The molecule has 0 bridgehead atoms. The molecule has 1 unspecified atom stereocenters. The number of rotatable bonds is 5. The van der Waals surface area contributed by atoms with Gasteiger partial charge in [-0.05, 0) is 38.3 Å². The first-order valence-electron chi connectivity index (χ1n) is 8.12. The van der Waals surface area contributed by atoms with Crippen molar-refractivity contribution in [1.29, 1.82) is 0 Å². The largest absolute Gasteiger partial charge is 0.480 e. The molecule has 1 saturated heterocycles. The van der Waals surface area contributed by atoms with E-state index in [9.17, 15) is 14.7 Å². The van der Waals surface area contributed by atoms with Crippen LogP contribution in [0.4, 0.5) is 0 Å². The van der Waals surface area contributed by atoms with Crippen molar-refractivity contribution in [3.8, 4) is 0 Å². The summed E-state index contributed by atoms with van der Waals surface area (Å²) in [5.74, 6) is -0.964. The lowest BCUT2D eigenvalue weighted by atomic mass is 9.84. The fourth-order valence-corrected chi connectivity index (χ4v) is 3.33. The van der Waals surface area contributed by atoms with Crippen LogP contribution >= 0.6 is 0 Å². The van der Waals surface area contributed by atoms with E-state index in [4.69, 9.17) is 0 Å². The first-order chi connectivity index (χ1) is 10.2. The van der Waals surface area contributed by atoms with Crippen LogP contribution in [0.1, 0.15) is 38.5 Å². The van der Waals surface area contributed by atoms with E-state index in [0.29, 0.717) is 6.54 Å². The summed E-state index contributed by atoms with van der Waals surface area (Å²) in [4.78, 5) is 25.7. The van der Waals surface area contributed by atoms with Crippen molar-refractivity contribution in [1.82, 2.24) is 15.5 Å². The number of nitrogens with one attached hydrogen (secondary N) is 2. The van der Waals surface area contributed by atoms with Gasteiger partial charge in [-0.3, -0.25) is 9.69 Å². The van der Waals surface area contributed by atoms with Crippen molar-refractivity contribution in [3.05, 3.63) is 0 Å². The summed E-state index contributed by atoms with van der Waals surface area (Å²) in [7, 11) is 0. The van der Waals surface area contributed by atoms with E-state index in [1.807, 2.05) is 0 Å². The topological polar surface area (TPSA) is 81.7 Å². The van der Waals surface area contributed by atoms with Gasteiger partial charge in [-0.25, -0.2) is 4.79 Å². The van der Waals surface area contributed by atoms with Crippen LogP contribution in [0.15, 0.2) is 0 Å². The number of carboxylic acid groups (broad SMARTS) is 1. The summed E-state index contributed by atoms with van der Waals surface area (Å²) in [6.45, 7) is 3.91. The van der Waals surface area contributed by atoms with Crippen LogP contribution < -0.4 is 10.6 Å². The molecule has 0 radical (unpaired) electrons. The molecule has 0 aromatic rings. The molecule has 1 aliphatic carbocycles. The molecule has 0 aromatic heterocycles. The van der Waals surface area contributed by atoms with E-state index in [-0.39, 0.29) is 11.8 Å². The molecule has 1 amide bonds. The van der Waals surface area contributed by atoms with Gasteiger partial charge in [0.2, 0.25) is 5.91 Å². The number of carbonyl (C=O) groups is 2. The third-order valence-corrected chi connectivity index (χ3v) is 4.50. The molecule has 1 heterocycles. The Morgan fingerprint density at radius 3 is 2.62 bits per heavy atom. The molecule has 120 valence electrons. The number of hydrogen-bond donors (Lipinski definition) is 3. The van der Waals surface area contributed by atoms with Crippen molar-refractivity contribution in [3.63, 3.8) is 0 Å². The Balaban J connectivity index is 1.83. The van der Waals surface area contributed by atoms with Crippen LogP contribution in [0.2, 0.25) is 0 Å². The average molecular weight is 297 g/mol. The highest BCUT2D eigenvalue weighted by Gasteiger charge is 2.30. The molecule has 21 heavy (non-hydrogen) atoms. The summed E-state index contributed by atoms with van der Waals surface area (Å²) < 4.78 is 0. The van der Waals surface area contributed by atoms with Gasteiger partial charge in [0.1, 0.15) is 6.04 Å². The van der Waals surface area contributed by atoms with Gasteiger partial charge in [0, 0.05) is 13.1 Å². The first kappa shape index (κ1) is 16.2. The lowest BCUT2D eigenvalue weighted by Crippen LogP contribution is -2.50. The average Bonchev–Trinajstić information content (AvgIpc) is 2.74. The molecule has 2 rings (SSSR count). The lowest BCUT2D eigenvalue weighted by Gasteiger charge is -2.29. The van der Waals surface area contributed by atoms with Gasteiger partial charge in [0.25, 0.3) is 0 Å². The highest BCUT2D eigenvalue weighted by Crippen LogP contribution is 2.26. The number of carbonyl (C=O) groups excluding carboxylic acids is 1. The number of amides is 1. The number of aliphatic carboxylic acids is 1. The summed E-state index contributed by atoms with van der Waals surface area (Å²) in [6, 6.07) is -0.720. The quantitative estimate of drug-likeness (QED) is 0.686. The second-order valence-electron chi connectivity index (χ2n) is 6.16. The monoisotopic (exact) mass is 297 g/mol. The summed E-state index contributed by atoms with van der Waals surface area (Å²) in [6.07, 6.45) is 6.16. The van der Waals surface area contributed by atoms with Crippen molar-refractivity contribution in [2.45, 2.75) is 44.6 Å². The highest BCUT2D eigenvalue weighted by molar-refractivity contribution is 5.84. The molecule has 1 aliphatic heterocycles. The van der Waals surface area contributed by atoms with Gasteiger partial charge in [-0.1, -0.05) is 19.3 Å². The Kier molecular flexibility index (Phi) is 6.45. The summed E-state index contributed by atoms with van der Waals surface area (Å²) in [5.41, 5.74) is 0. The van der Waals surface area contributed by atoms with Crippen LogP contribution in [0.5, 0.6) is 0 Å². The molecular formula is C15H27N3O3. The summed E-state index contributed by atoms with van der Waals surface area (Å²) in [5, 5.41) is 15.4. The summed E-state index contributed by atoms with van der Waals surface area (Å²) >= 11 is 0. The molecule has 2 aliphatic rings. The predicted octanol–water partition coefficient (Wildman–Crippen LogP) is 0.431. The van der Waals surface area contributed by atoms with E-state index in [1.165, 1.54) is 6.42 Å². The zero-order chi connectivity index (χ0) is 15.1. The van der Waals surface area contributed by atoms with Crippen molar-refractivity contribution >= 4 is 11.9 Å². The van der Waals surface area contributed by atoms with E-state index < -0.39 is 12.0 Å². The zero-order valence-corrected chi connectivity index (χ0v) is 12.6. The van der Waals surface area contributed by atoms with E-state index in [2.05, 4.69) is 15.5 Å². The molecular weight excluding hydrogens is 270 g/mol. The Labute approximate surface area is 126 Å². The van der Waals surface area contributed by atoms with Gasteiger partial charge in [0.05, 0.1) is 6.54 Å². The standard InChI is InChI=1S/C15H27N3O3/c19-13(11-18-9-4-7-16-8-10-18)17-14(15(20)21)12-5-2-1-3-6-12/h12,14,16H,1-11H2,(H,17,19)(H,20,21). The van der Waals surface area contributed by atoms with E-state index in [1.54, 1.807) is 0 Å². The maximum Gasteiger partial charge on any atom is 0.326 e. The molecule has 6 nitrogen and oxygen atoms in total. The maximum absolute atomic E-state index is 12.1. The van der Waals surface area contributed by atoms with Gasteiger partial charge in [-0.2, -0.15) is 0 Å². The minimum atomic E-state index is -0.896. The fourth-order valence-electron chi connectivity index (χ4n) is 3.33. The van der Waals surface area contributed by atoms with E-state index in [0.717, 1.165) is 58.3 Å². The Hall–Kier alpha value is -1.14. The number of nitrogens with zero attached hydrogens (tertiary/aromatic N) is 1. The SMILES string of the molecule is O=C(CN1CCCNCC1)NC(C(=O)O)C1CCCCC1. The molecule has 3 N–H and O–H groups in total. The minimum Gasteiger partial charge on any atom is -0.480 e. The zero-order valence-electron chi connectivity index (χ0n) is 12.6. The van der Waals surface area contributed by atoms with Crippen LogP contribution in [0.25, 0.3) is 0 Å². The number of carboxylic acids is 1. The van der Waals surface area contributed by atoms with Crippen molar-refractivity contribution in [2.75, 3.05) is 32.7 Å². The number of hydrogen-bond acceptors (Lipinski definition) is 4.